The summed E-state index contributed by atoms with van der Waals surface area (Å²) in [7, 11) is 1.58. The van der Waals surface area contributed by atoms with E-state index < -0.39 is 0 Å². The molecule has 102 valence electrons. The number of fused-ring (bicyclic) bond motifs is 1. The number of hydrogen-bond donors (Lipinski definition) is 0. The Labute approximate surface area is 125 Å². The smallest absolute Gasteiger partial charge is 0.212 e. The molecular weight excluding hydrogens is 296 g/mol. The van der Waals surface area contributed by atoms with E-state index in [1.165, 1.54) is 0 Å². The maximum Gasteiger partial charge on any atom is 0.212 e. The second-order valence-corrected chi connectivity index (χ2v) is 5.75. The quantitative estimate of drug-likeness (QED) is 0.639. The molecule has 2 heterocycles. The van der Waals surface area contributed by atoms with E-state index in [0.717, 1.165) is 22.4 Å². The number of thioether (sulfide) groups is 1. The van der Waals surface area contributed by atoms with Gasteiger partial charge in [-0.2, -0.15) is 0 Å². The van der Waals surface area contributed by atoms with Gasteiger partial charge in [0.25, 0.3) is 0 Å². The van der Waals surface area contributed by atoms with Gasteiger partial charge in [0.05, 0.1) is 12.8 Å². The molecule has 3 rings (SSSR count). The van der Waals surface area contributed by atoms with Crippen molar-refractivity contribution in [2.24, 2.45) is 0 Å². The average molecular weight is 307 g/mol. The monoisotopic (exact) mass is 306 g/mol. The first-order valence-corrected chi connectivity index (χ1v) is 7.15. The van der Waals surface area contributed by atoms with Crippen molar-refractivity contribution in [1.29, 1.82) is 0 Å². The lowest BCUT2D eigenvalue weighted by molar-refractivity contribution is 0.112. The van der Waals surface area contributed by atoms with Crippen molar-refractivity contribution in [1.82, 2.24) is 4.98 Å². The van der Waals surface area contributed by atoms with Crippen LogP contribution in [0.2, 0.25) is 0 Å². The molecule has 0 aliphatic carbocycles. The molecule has 1 aromatic carbocycles. The lowest BCUT2D eigenvalue weighted by atomic mass is 10.2. The van der Waals surface area contributed by atoms with Crippen LogP contribution in [-0.2, 0) is 0 Å². The van der Waals surface area contributed by atoms with Gasteiger partial charge in [0.1, 0.15) is 11.7 Å². The molecule has 1 atom stereocenters. The normalized spacial score (nSPS) is 16.9. The third kappa shape index (κ3) is 2.23. The Bertz CT molecular complexity index is 648. The van der Waals surface area contributed by atoms with Crippen molar-refractivity contribution in [3.8, 4) is 5.88 Å². The summed E-state index contributed by atoms with van der Waals surface area (Å²) in [5.41, 5.74) is 2.53. The van der Waals surface area contributed by atoms with Crippen molar-refractivity contribution in [3.63, 3.8) is 0 Å². The topological polar surface area (TPSA) is 42.4 Å². The van der Waals surface area contributed by atoms with Crippen LogP contribution in [0.4, 0.5) is 5.69 Å². The lowest BCUT2D eigenvalue weighted by Gasteiger charge is -2.18. The third-order valence-electron chi connectivity index (χ3n) is 3.05. The number of ether oxygens (including phenoxy) is 1. The fourth-order valence-electron chi connectivity index (χ4n) is 2.03. The van der Waals surface area contributed by atoms with Crippen LogP contribution in [0.5, 0.6) is 5.88 Å². The highest BCUT2D eigenvalue weighted by Gasteiger charge is 2.30. The van der Waals surface area contributed by atoms with E-state index in [9.17, 15) is 4.79 Å². The Kier molecular flexibility index (Phi) is 3.54. The number of benzene rings is 1. The minimum Gasteiger partial charge on any atom is -0.481 e. The lowest BCUT2D eigenvalue weighted by Crippen LogP contribution is -2.11. The molecule has 0 spiro atoms. The van der Waals surface area contributed by atoms with E-state index in [2.05, 4.69) is 4.98 Å². The molecule has 1 unspecified atom stereocenters. The Balaban J connectivity index is 1.91. The second-order valence-electron chi connectivity index (χ2n) is 4.26. The molecule has 0 saturated heterocycles. The van der Waals surface area contributed by atoms with Crippen molar-refractivity contribution in [2.45, 2.75) is 10.3 Å². The minimum atomic E-state index is -0.0630. The molecule has 1 aromatic heterocycles. The molecule has 0 bridgehead atoms. The van der Waals surface area contributed by atoms with Crippen LogP contribution in [0.25, 0.3) is 0 Å². The molecule has 1 aliphatic heterocycles. The summed E-state index contributed by atoms with van der Waals surface area (Å²) in [6.45, 7) is 0. The first-order valence-electron chi connectivity index (χ1n) is 5.94. The van der Waals surface area contributed by atoms with Gasteiger partial charge in [-0.1, -0.05) is 11.8 Å². The van der Waals surface area contributed by atoms with Crippen LogP contribution < -0.4 is 9.16 Å². The highest BCUT2D eigenvalue weighted by molar-refractivity contribution is 8.00. The van der Waals surface area contributed by atoms with Crippen molar-refractivity contribution < 1.29 is 9.53 Å². The molecule has 6 heteroatoms. The Morgan fingerprint density at radius 1 is 1.40 bits per heavy atom. The summed E-state index contributed by atoms with van der Waals surface area (Å²) < 4.78 is 6.71. The zero-order valence-electron chi connectivity index (χ0n) is 10.6. The summed E-state index contributed by atoms with van der Waals surface area (Å²) in [4.78, 5) is 16.0. The number of halogens is 1. The van der Waals surface area contributed by atoms with Gasteiger partial charge >= 0.3 is 0 Å². The Hall–Kier alpha value is -1.72. The zero-order valence-corrected chi connectivity index (χ0v) is 12.2. The number of hydrogen-bond acceptors (Lipinski definition) is 5. The fourth-order valence-corrected chi connectivity index (χ4v) is 3.67. The number of carbonyl (C=O) groups excluding carboxylic acids is 1. The summed E-state index contributed by atoms with van der Waals surface area (Å²) in [6, 6.07) is 9.21. The van der Waals surface area contributed by atoms with Gasteiger partial charge in [0.15, 0.2) is 0 Å². The van der Waals surface area contributed by atoms with Crippen LogP contribution in [0, 0.1) is 0 Å². The number of aromatic nitrogens is 1. The van der Waals surface area contributed by atoms with Gasteiger partial charge in [-0.05, 0) is 24.3 Å². The van der Waals surface area contributed by atoms with Crippen molar-refractivity contribution in [3.05, 3.63) is 47.7 Å². The highest BCUT2D eigenvalue weighted by atomic mass is 35.5. The van der Waals surface area contributed by atoms with Gasteiger partial charge < -0.3 is 4.74 Å². The number of anilines is 1. The van der Waals surface area contributed by atoms with Gasteiger partial charge in [-0.3, -0.25) is 9.21 Å². The highest BCUT2D eigenvalue weighted by Crippen LogP contribution is 2.52. The Morgan fingerprint density at radius 3 is 2.90 bits per heavy atom. The van der Waals surface area contributed by atoms with Crippen molar-refractivity contribution >= 4 is 35.5 Å². The van der Waals surface area contributed by atoms with E-state index in [0.29, 0.717) is 11.4 Å². The number of pyridine rings is 1. The molecule has 1 aliphatic rings. The van der Waals surface area contributed by atoms with Gasteiger partial charge in [0.2, 0.25) is 5.88 Å². The first-order chi connectivity index (χ1) is 9.72. The maximum atomic E-state index is 10.8. The largest absolute Gasteiger partial charge is 0.481 e. The molecule has 0 N–H and O–H groups in total. The van der Waals surface area contributed by atoms with Gasteiger partial charge in [-0.15, -0.1) is 0 Å². The number of methoxy groups -OCH3 is 1. The predicted molar refractivity (Wildman–Crippen MR) is 79.5 cm³/mol. The third-order valence-corrected chi connectivity index (χ3v) is 4.83. The number of carbonyl (C=O) groups is 1. The molecule has 0 fully saturated rings. The average Bonchev–Trinajstić information content (AvgIpc) is 2.84. The van der Waals surface area contributed by atoms with Gasteiger partial charge in [-0.25, -0.2) is 4.98 Å². The second kappa shape index (κ2) is 5.34. The maximum absolute atomic E-state index is 10.8. The summed E-state index contributed by atoms with van der Waals surface area (Å²) >= 11 is 7.97. The molecule has 0 amide bonds. The molecule has 20 heavy (non-hydrogen) atoms. The predicted octanol–water partition coefficient (Wildman–Crippen LogP) is 3.67. The van der Waals surface area contributed by atoms with Crippen LogP contribution in [-0.4, -0.2) is 18.4 Å². The van der Waals surface area contributed by atoms with Crippen LogP contribution >= 0.6 is 23.5 Å². The minimum absolute atomic E-state index is 0.0630. The van der Waals surface area contributed by atoms with E-state index in [1.54, 1.807) is 41.6 Å². The number of aldehydes is 1. The molecule has 4 nitrogen and oxygen atoms in total. The summed E-state index contributed by atoms with van der Waals surface area (Å²) in [5.74, 6) is 0.568. The van der Waals surface area contributed by atoms with Gasteiger partial charge in [0, 0.05) is 40.1 Å². The van der Waals surface area contributed by atoms with E-state index in [4.69, 9.17) is 16.5 Å². The molecule has 0 saturated carbocycles. The molecule has 0 radical (unpaired) electrons. The standard InChI is InChI=1S/C14H11ClN2O2S/c1-19-13-5-3-10(7-16-13)14-17(15)11-4-2-9(8-18)6-12(11)20-14/h2-8,14H,1H3. The number of nitrogens with zero attached hydrogens (tertiary/aromatic N) is 2. The van der Waals surface area contributed by atoms with E-state index in [-0.39, 0.29) is 5.37 Å². The summed E-state index contributed by atoms with van der Waals surface area (Å²) in [5, 5.41) is -0.0630. The SMILES string of the molecule is COc1ccc(C2Sc3cc(C=O)ccc3N2Cl)cn1. The van der Waals surface area contributed by atoms with Crippen LogP contribution in [0.15, 0.2) is 41.4 Å². The summed E-state index contributed by atoms with van der Waals surface area (Å²) in [6.07, 6.45) is 2.58. The van der Waals surface area contributed by atoms with E-state index in [1.807, 2.05) is 18.2 Å². The van der Waals surface area contributed by atoms with E-state index >= 15 is 0 Å². The van der Waals surface area contributed by atoms with Crippen molar-refractivity contribution in [2.75, 3.05) is 11.5 Å². The molecule has 2 aromatic rings. The van der Waals surface area contributed by atoms with Crippen LogP contribution in [0.1, 0.15) is 21.3 Å². The Morgan fingerprint density at radius 2 is 2.25 bits per heavy atom. The zero-order chi connectivity index (χ0) is 14.1. The fraction of sp³-hybridized carbons (Fsp3) is 0.143. The van der Waals surface area contributed by atoms with Crippen LogP contribution in [0.3, 0.4) is 0 Å². The molecular formula is C14H11ClN2O2S. The first kappa shape index (κ1) is 13.3. The number of rotatable bonds is 3.